The number of carboxylic acids is 1. The summed E-state index contributed by atoms with van der Waals surface area (Å²) in [6, 6.07) is 4.77. The minimum absolute atomic E-state index is 0.267. The molecule has 1 aromatic carbocycles. The number of hydrogen-bond donors (Lipinski definition) is 1. The van der Waals surface area contributed by atoms with Gasteiger partial charge in [-0.25, -0.2) is 4.79 Å². The normalized spacial score (nSPS) is 10.7. The molecule has 0 aliphatic heterocycles. The van der Waals surface area contributed by atoms with Crippen molar-refractivity contribution in [2.24, 2.45) is 0 Å². The predicted molar refractivity (Wildman–Crippen MR) is 55.0 cm³/mol. The third-order valence-electron chi connectivity index (χ3n) is 2.28. The van der Waals surface area contributed by atoms with Crippen LogP contribution in [-0.4, -0.2) is 16.2 Å². The molecule has 0 fully saturated rings. The average molecular weight is 205 g/mol. The molecule has 0 unspecified atom stereocenters. The van der Waals surface area contributed by atoms with Gasteiger partial charge in [0.25, 0.3) is 0 Å². The zero-order valence-electron chi connectivity index (χ0n) is 8.36. The summed E-state index contributed by atoms with van der Waals surface area (Å²) in [5.41, 5.74) is 1.74. The molecule has 1 aromatic heterocycles. The molecule has 15 heavy (non-hydrogen) atoms. The highest BCUT2D eigenvalue weighted by molar-refractivity contribution is 5.93. The van der Waals surface area contributed by atoms with Crippen LogP contribution in [0.25, 0.3) is 11.0 Å². The van der Waals surface area contributed by atoms with Crippen LogP contribution in [0.2, 0.25) is 0 Å². The zero-order chi connectivity index (χ0) is 10.8. The van der Waals surface area contributed by atoms with Gasteiger partial charge in [-0.1, -0.05) is 18.5 Å². The molecule has 1 N–H and O–H groups in total. The first-order chi connectivity index (χ1) is 7.22. The summed E-state index contributed by atoms with van der Waals surface area (Å²) < 4.78 is 5.09. The van der Waals surface area contributed by atoms with Crippen molar-refractivity contribution in [3.8, 4) is 0 Å². The van der Waals surface area contributed by atoms with Gasteiger partial charge in [-0.2, -0.15) is 0 Å². The lowest BCUT2D eigenvalue weighted by atomic mass is 10.1. The van der Waals surface area contributed by atoms with Crippen molar-refractivity contribution in [3.05, 3.63) is 29.5 Å². The van der Waals surface area contributed by atoms with E-state index in [9.17, 15) is 4.79 Å². The van der Waals surface area contributed by atoms with Crippen LogP contribution >= 0.6 is 0 Å². The Morgan fingerprint density at radius 3 is 3.00 bits per heavy atom. The number of aryl methyl sites for hydroxylation is 1. The number of rotatable bonds is 3. The Kier molecular flexibility index (Phi) is 2.41. The summed E-state index contributed by atoms with van der Waals surface area (Å²) in [4.78, 5) is 10.8. The highest BCUT2D eigenvalue weighted by atomic mass is 16.5. The van der Waals surface area contributed by atoms with Gasteiger partial charge in [0.05, 0.1) is 11.3 Å². The lowest BCUT2D eigenvalue weighted by Crippen LogP contribution is -1.95. The van der Waals surface area contributed by atoms with Gasteiger partial charge in [0.2, 0.25) is 0 Å². The van der Waals surface area contributed by atoms with Crippen molar-refractivity contribution in [3.63, 3.8) is 0 Å². The van der Waals surface area contributed by atoms with Crippen LogP contribution in [0.1, 0.15) is 29.4 Å². The summed E-state index contributed by atoms with van der Waals surface area (Å²) in [6.07, 6.45) is 1.76. The van der Waals surface area contributed by atoms with Gasteiger partial charge in [0, 0.05) is 5.39 Å². The van der Waals surface area contributed by atoms with Crippen LogP contribution in [0.4, 0.5) is 0 Å². The molecular weight excluding hydrogens is 194 g/mol. The van der Waals surface area contributed by atoms with Gasteiger partial charge in [0.15, 0.2) is 5.58 Å². The Morgan fingerprint density at radius 2 is 2.33 bits per heavy atom. The Labute approximate surface area is 86.5 Å². The quantitative estimate of drug-likeness (QED) is 0.836. The lowest BCUT2D eigenvalue weighted by Gasteiger charge is -1.94. The molecule has 0 atom stereocenters. The Morgan fingerprint density at radius 1 is 1.53 bits per heavy atom. The molecule has 4 heteroatoms. The van der Waals surface area contributed by atoms with Crippen molar-refractivity contribution in [2.45, 2.75) is 19.8 Å². The second kappa shape index (κ2) is 3.73. The van der Waals surface area contributed by atoms with E-state index in [2.05, 4.69) is 5.16 Å². The third kappa shape index (κ3) is 1.70. The van der Waals surface area contributed by atoms with E-state index in [1.54, 1.807) is 12.1 Å². The fourth-order valence-electron chi connectivity index (χ4n) is 1.54. The predicted octanol–water partition coefficient (Wildman–Crippen LogP) is 2.48. The van der Waals surface area contributed by atoms with Gasteiger partial charge < -0.3 is 9.63 Å². The highest BCUT2D eigenvalue weighted by Crippen LogP contribution is 2.21. The molecule has 0 bridgehead atoms. The standard InChI is InChI=1S/C11H11NO3/c1-2-3-9-8-6-7(11(13)14)4-5-10(8)15-12-9/h4-6H,2-3H2,1H3,(H,13,14). The molecular formula is C11H11NO3. The lowest BCUT2D eigenvalue weighted by molar-refractivity contribution is 0.0697. The fraction of sp³-hybridized carbons (Fsp3) is 0.273. The molecule has 2 aromatic rings. The van der Waals surface area contributed by atoms with Gasteiger partial charge >= 0.3 is 5.97 Å². The van der Waals surface area contributed by atoms with E-state index in [-0.39, 0.29) is 5.56 Å². The van der Waals surface area contributed by atoms with Gasteiger partial charge in [-0.15, -0.1) is 0 Å². The van der Waals surface area contributed by atoms with Crippen LogP contribution in [0.3, 0.4) is 0 Å². The largest absolute Gasteiger partial charge is 0.478 e. The Hall–Kier alpha value is -1.84. The first kappa shape index (κ1) is 9.71. The topological polar surface area (TPSA) is 63.3 Å². The van der Waals surface area contributed by atoms with E-state index in [1.807, 2.05) is 6.92 Å². The fourth-order valence-corrected chi connectivity index (χ4v) is 1.54. The van der Waals surface area contributed by atoms with E-state index in [0.717, 1.165) is 23.9 Å². The second-order valence-corrected chi connectivity index (χ2v) is 3.40. The average Bonchev–Trinajstić information content (AvgIpc) is 2.61. The maximum atomic E-state index is 10.8. The molecule has 0 spiro atoms. The number of aromatic nitrogens is 1. The molecule has 78 valence electrons. The van der Waals surface area contributed by atoms with Crippen LogP contribution in [0, 0.1) is 0 Å². The minimum atomic E-state index is -0.930. The molecule has 0 aliphatic carbocycles. The molecule has 0 saturated heterocycles. The van der Waals surface area contributed by atoms with Crippen LogP contribution in [0.15, 0.2) is 22.7 Å². The molecule has 4 nitrogen and oxygen atoms in total. The number of carboxylic acid groups (broad SMARTS) is 1. The van der Waals surface area contributed by atoms with Crippen molar-refractivity contribution < 1.29 is 14.4 Å². The third-order valence-corrected chi connectivity index (χ3v) is 2.28. The van der Waals surface area contributed by atoms with Crippen molar-refractivity contribution in [1.82, 2.24) is 5.16 Å². The number of benzene rings is 1. The molecule has 0 amide bonds. The number of nitrogens with zero attached hydrogens (tertiary/aromatic N) is 1. The number of carbonyl (C=O) groups is 1. The molecule has 1 heterocycles. The van der Waals surface area contributed by atoms with Gasteiger partial charge in [-0.05, 0) is 24.6 Å². The maximum absolute atomic E-state index is 10.8. The van der Waals surface area contributed by atoms with Gasteiger partial charge in [-0.3, -0.25) is 0 Å². The molecule has 0 radical (unpaired) electrons. The number of hydrogen-bond acceptors (Lipinski definition) is 3. The monoisotopic (exact) mass is 205 g/mol. The Balaban J connectivity index is 2.56. The van der Waals surface area contributed by atoms with E-state index in [1.165, 1.54) is 6.07 Å². The zero-order valence-corrected chi connectivity index (χ0v) is 8.36. The van der Waals surface area contributed by atoms with Crippen molar-refractivity contribution >= 4 is 16.9 Å². The summed E-state index contributed by atoms with van der Waals surface area (Å²) in [5.74, 6) is -0.930. The second-order valence-electron chi connectivity index (χ2n) is 3.40. The molecule has 2 rings (SSSR count). The molecule has 0 aliphatic rings. The molecule has 0 saturated carbocycles. The van der Waals surface area contributed by atoms with Crippen molar-refractivity contribution in [2.75, 3.05) is 0 Å². The number of aromatic carboxylic acids is 1. The Bertz CT molecular complexity index is 502. The summed E-state index contributed by atoms with van der Waals surface area (Å²) in [7, 11) is 0. The smallest absolute Gasteiger partial charge is 0.335 e. The van der Waals surface area contributed by atoms with Crippen molar-refractivity contribution in [1.29, 1.82) is 0 Å². The summed E-state index contributed by atoms with van der Waals surface area (Å²) >= 11 is 0. The van der Waals surface area contributed by atoms with E-state index in [0.29, 0.717) is 5.58 Å². The van der Waals surface area contributed by atoms with Crippen LogP contribution in [-0.2, 0) is 6.42 Å². The van der Waals surface area contributed by atoms with Crippen LogP contribution in [0.5, 0.6) is 0 Å². The van der Waals surface area contributed by atoms with E-state index in [4.69, 9.17) is 9.63 Å². The summed E-state index contributed by atoms with van der Waals surface area (Å²) in [5, 5.41) is 13.6. The SMILES string of the molecule is CCCc1noc2ccc(C(=O)O)cc12. The minimum Gasteiger partial charge on any atom is -0.478 e. The van der Waals surface area contributed by atoms with E-state index < -0.39 is 5.97 Å². The van der Waals surface area contributed by atoms with Crippen LogP contribution < -0.4 is 0 Å². The summed E-state index contributed by atoms with van der Waals surface area (Å²) in [6.45, 7) is 2.04. The first-order valence-corrected chi connectivity index (χ1v) is 4.84. The first-order valence-electron chi connectivity index (χ1n) is 4.84. The van der Waals surface area contributed by atoms with E-state index >= 15 is 0 Å². The highest BCUT2D eigenvalue weighted by Gasteiger charge is 2.10. The van der Waals surface area contributed by atoms with Gasteiger partial charge in [0.1, 0.15) is 0 Å². The number of fused-ring (bicyclic) bond motifs is 1. The maximum Gasteiger partial charge on any atom is 0.335 e.